The molecule has 8 nitrogen and oxygen atoms in total. The Morgan fingerprint density at radius 3 is 2.68 bits per heavy atom. The molecule has 0 atom stereocenters. The summed E-state index contributed by atoms with van der Waals surface area (Å²) in [5.74, 6) is -0.775. The molecule has 9 heteroatoms. The van der Waals surface area contributed by atoms with E-state index in [0.29, 0.717) is 5.65 Å². The van der Waals surface area contributed by atoms with E-state index in [-0.39, 0.29) is 22.8 Å². The van der Waals surface area contributed by atoms with Crippen molar-refractivity contribution in [1.82, 2.24) is 14.1 Å². The Labute approximate surface area is 161 Å². The van der Waals surface area contributed by atoms with Gasteiger partial charge in [0.05, 0.1) is 10.6 Å². The molecule has 0 aliphatic rings. The van der Waals surface area contributed by atoms with Crippen LogP contribution in [-0.4, -0.2) is 30.3 Å². The second kappa shape index (κ2) is 7.91. The van der Waals surface area contributed by atoms with Crippen LogP contribution in [0.15, 0.2) is 58.4 Å². The van der Waals surface area contributed by atoms with Gasteiger partial charge in [-0.25, -0.2) is 13.4 Å². The van der Waals surface area contributed by atoms with Crippen LogP contribution in [0.3, 0.4) is 0 Å². The molecule has 1 aromatic carbocycles. The number of benzene rings is 1. The van der Waals surface area contributed by atoms with Gasteiger partial charge in [0.25, 0.3) is 5.56 Å². The number of hydrogen-bond acceptors (Lipinski definition) is 6. The fraction of sp³-hybridized carbons (Fsp3) is 0.211. The van der Waals surface area contributed by atoms with E-state index in [1.54, 1.807) is 30.5 Å². The summed E-state index contributed by atoms with van der Waals surface area (Å²) in [6.45, 7) is 2.93. The van der Waals surface area contributed by atoms with Crippen LogP contribution in [0, 0.1) is 13.8 Å². The molecule has 0 unspecified atom stereocenters. The third-order valence-corrected chi connectivity index (χ3v) is 5.60. The van der Waals surface area contributed by atoms with Gasteiger partial charge in [0.2, 0.25) is 10.0 Å². The first-order valence-electron chi connectivity index (χ1n) is 8.46. The fourth-order valence-corrected chi connectivity index (χ4v) is 3.55. The number of carbonyl (C=O) groups excluding carboxylic acids is 1. The van der Waals surface area contributed by atoms with Gasteiger partial charge in [-0.1, -0.05) is 12.1 Å². The number of hydrogen-bond donors (Lipinski definition) is 1. The van der Waals surface area contributed by atoms with Crippen molar-refractivity contribution < 1.29 is 17.9 Å². The standard InChI is InChI=1S/C19H19N3O5S/c1-13-6-7-16(9-14(13)2)28(25,26)20-11-19(24)27-12-15-10-18(23)22-8-4-3-5-17(22)21-15/h3-10,20H,11-12H2,1-2H3. The zero-order valence-electron chi connectivity index (χ0n) is 15.4. The highest BCUT2D eigenvalue weighted by molar-refractivity contribution is 7.89. The van der Waals surface area contributed by atoms with Crippen molar-refractivity contribution in [2.45, 2.75) is 25.3 Å². The summed E-state index contributed by atoms with van der Waals surface area (Å²) in [4.78, 5) is 28.2. The number of rotatable bonds is 6. The van der Waals surface area contributed by atoms with Gasteiger partial charge in [0.15, 0.2) is 0 Å². The van der Waals surface area contributed by atoms with Crippen LogP contribution in [0.4, 0.5) is 0 Å². The summed E-state index contributed by atoms with van der Waals surface area (Å²) in [5.41, 5.74) is 2.21. The number of pyridine rings is 1. The fourth-order valence-electron chi connectivity index (χ4n) is 2.50. The largest absolute Gasteiger partial charge is 0.458 e. The van der Waals surface area contributed by atoms with E-state index >= 15 is 0 Å². The Morgan fingerprint density at radius 2 is 1.93 bits per heavy atom. The molecule has 0 amide bonds. The van der Waals surface area contributed by atoms with E-state index in [1.165, 1.54) is 22.6 Å². The first-order valence-corrected chi connectivity index (χ1v) is 9.94. The molecule has 0 bridgehead atoms. The molecule has 3 aromatic rings. The average molecular weight is 401 g/mol. The normalized spacial score (nSPS) is 11.5. The number of ether oxygens (including phenoxy) is 1. The Morgan fingerprint density at radius 1 is 1.14 bits per heavy atom. The third-order valence-electron chi connectivity index (χ3n) is 4.20. The van der Waals surface area contributed by atoms with Crippen LogP contribution in [0.25, 0.3) is 5.65 Å². The predicted molar refractivity (Wildman–Crippen MR) is 102 cm³/mol. The zero-order valence-corrected chi connectivity index (χ0v) is 16.2. The molecule has 0 aliphatic heterocycles. The zero-order chi connectivity index (χ0) is 20.3. The van der Waals surface area contributed by atoms with Crippen molar-refractivity contribution in [3.8, 4) is 0 Å². The SMILES string of the molecule is Cc1ccc(S(=O)(=O)NCC(=O)OCc2cc(=O)n3ccccc3n2)cc1C. The maximum Gasteiger partial charge on any atom is 0.321 e. The molecule has 146 valence electrons. The highest BCUT2D eigenvalue weighted by atomic mass is 32.2. The lowest BCUT2D eigenvalue weighted by molar-refractivity contribution is -0.143. The molecular formula is C19H19N3O5S. The van der Waals surface area contributed by atoms with Gasteiger partial charge in [-0.2, -0.15) is 4.72 Å². The average Bonchev–Trinajstić information content (AvgIpc) is 2.67. The summed E-state index contributed by atoms with van der Waals surface area (Å²) >= 11 is 0. The molecule has 3 rings (SSSR count). The van der Waals surface area contributed by atoms with Crippen molar-refractivity contribution in [1.29, 1.82) is 0 Å². The van der Waals surface area contributed by atoms with E-state index in [1.807, 2.05) is 13.8 Å². The lowest BCUT2D eigenvalue weighted by Crippen LogP contribution is -2.31. The van der Waals surface area contributed by atoms with Crippen LogP contribution >= 0.6 is 0 Å². The first-order chi connectivity index (χ1) is 13.3. The third kappa shape index (κ3) is 4.44. The van der Waals surface area contributed by atoms with Crippen LogP contribution in [-0.2, 0) is 26.2 Å². The maximum absolute atomic E-state index is 12.3. The van der Waals surface area contributed by atoms with Gasteiger partial charge in [0, 0.05) is 12.3 Å². The van der Waals surface area contributed by atoms with Gasteiger partial charge >= 0.3 is 5.97 Å². The molecular weight excluding hydrogens is 382 g/mol. The molecule has 0 saturated heterocycles. The minimum Gasteiger partial charge on any atom is -0.458 e. The minimum atomic E-state index is -3.83. The number of aromatic nitrogens is 2. The Hall–Kier alpha value is -3.04. The van der Waals surface area contributed by atoms with E-state index in [2.05, 4.69) is 9.71 Å². The van der Waals surface area contributed by atoms with Crippen molar-refractivity contribution in [2.24, 2.45) is 0 Å². The maximum atomic E-state index is 12.3. The summed E-state index contributed by atoms with van der Waals surface area (Å²) < 4.78 is 33.2. The summed E-state index contributed by atoms with van der Waals surface area (Å²) in [5, 5.41) is 0. The Bertz CT molecular complexity index is 1200. The van der Waals surface area contributed by atoms with E-state index in [9.17, 15) is 18.0 Å². The molecule has 28 heavy (non-hydrogen) atoms. The quantitative estimate of drug-likeness (QED) is 0.625. The van der Waals surface area contributed by atoms with E-state index < -0.39 is 22.5 Å². The Balaban J connectivity index is 1.61. The molecule has 0 radical (unpaired) electrons. The number of fused-ring (bicyclic) bond motifs is 1. The molecule has 1 N–H and O–H groups in total. The molecule has 0 saturated carbocycles. The molecule has 2 heterocycles. The second-order valence-electron chi connectivity index (χ2n) is 6.25. The van der Waals surface area contributed by atoms with E-state index in [0.717, 1.165) is 11.1 Å². The number of nitrogens with zero attached hydrogens (tertiary/aromatic N) is 2. The summed E-state index contributed by atoms with van der Waals surface area (Å²) in [6.07, 6.45) is 1.59. The van der Waals surface area contributed by atoms with Gasteiger partial charge < -0.3 is 4.74 Å². The molecule has 0 aliphatic carbocycles. The number of sulfonamides is 1. The molecule has 0 fully saturated rings. The Kier molecular flexibility index (Phi) is 5.57. The molecule has 0 spiro atoms. The smallest absolute Gasteiger partial charge is 0.321 e. The van der Waals surface area contributed by atoms with Crippen LogP contribution in [0.5, 0.6) is 0 Å². The van der Waals surface area contributed by atoms with Crippen molar-refractivity contribution >= 4 is 21.6 Å². The predicted octanol–water partition coefficient (Wildman–Crippen LogP) is 1.33. The van der Waals surface area contributed by atoms with Crippen LogP contribution in [0.1, 0.15) is 16.8 Å². The lowest BCUT2D eigenvalue weighted by Gasteiger charge is -2.09. The summed E-state index contributed by atoms with van der Waals surface area (Å²) in [7, 11) is -3.83. The van der Waals surface area contributed by atoms with Gasteiger partial charge in [-0.15, -0.1) is 0 Å². The summed E-state index contributed by atoms with van der Waals surface area (Å²) in [6, 6.07) is 11.1. The number of esters is 1. The highest BCUT2D eigenvalue weighted by Gasteiger charge is 2.17. The number of carbonyl (C=O) groups is 1. The van der Waals surface area contributed by atoms with Gasteiger partial charge in [0.1, 0.15) is 18.8 Å². The highest BCUT2D eigenvalue weighted by Crippen LogP contribution is 2.14. The van der Waals surface area contributed by atoms with Gasteiger partial charge in [-0.3, -0.25) is 14.0 Å². The second-order valence-corrected chi connectivity index (χ2v) is 8.01. The van der Waals surface area contributed by atoms with E-state index in [4.69, 9.17) is 4.74 Å². The van der Waals surface area contributed by atoms with Crippen LogP contribution < -0.4 is 10.3 Å². The van der Waals surface area contributed by atoms with Crippen LogP contribution in [0.2, 0.25) is 0 Å². The van der Waals surface area contributed by atoms with Gasteiger partial charge in [-0.05, 0) is 49.2 Å². The minimum absolute atomic E-state index is 0.0765. The number of nitrogens with one attached hydrogen (secondary N) is 1. The number of aryl methyl sites for hydroxylation is 2. The topological polar surface area (TPSA) is 107 Å². The van der Waals surface area contributed by atoms with Crippen molar-refractivity contribution in [3.63, 3.8) is 0 Å². The van der Waals surface area contributed by atoms with Crippen molar-refractivity contribution in [2.75, 3.05) is 6.54 Å². The van der Waals surface area contributed by atoms with Crippen molar-refractivity contribution in [3.05, 3.63) is 75.8 Å². The lowest BCUT2D eigenvalue weighted by atomic mass is 10.1. The first kappa shape index (κ1) is 19.7. The monoisotopic (exact) mass is 401 g/mol. The molecule has 2 aromatic heterocycles.